The van der Waals surface area contributed by atoms with Gasteiger partial charge in [0.05, 0.1) is 52.6 Å². The Morgan fingerprint density at radius 2 is 1.96 bits per heavy atom. The second-order valence-electron chi connectivity index (χ2n) is 11.1. The number of benzene rings is 2. The van der Waals surface area contributed by atoms with Crippen LogP contribution in [0.25, 0.3) is 54.8 Å². The van der Waals surface area contributed by atoms with Crippen molar-refractivity contribution >= 4 is 38.2 Å². The number of amides is 1. The van der Waals surface area contributed by atoms with Crippen LogP contribution in [0.15, 0.2) is 66.7 Å². The van der Waals surface area contributed by atoms with Crippen LogP contribution in [0.1, 0.15) is 18.7 Å². The lowest BCUT2D eigenvalue weighted by molar-refractivity contribution is -0.129. The van der Waals surface area contributed by atoms with Gasteiger partial charge in [0, 0.05) is 54.7 Å². The molecule has 4 aromatic heterocycles. The number of hydrogen-bond donors (Lipinski definition) is 0. The minimum Gasteiger partial charge on any atom is -0.490 e. The molecule has 1 aliphatic rings. The van der Waals surface area contributed by atoms with E-state index in [0.717, 1.165) is 38.3 Å². The zero-order valence-electron chi connectivity index (χ0n) is 25.5. The fourth-order valence-electron chi connectivity index (χ4n) is 6.16. The number of carbonyl (C=O) groups is 1. The first-order valence-corrected chi connectivity index (χ1v) is 15.6. The van der Waals surface area contributed by atoms with Crippen LogP contribution in [0.3, 0.4) is 0 Å². The maximum Gasteiger partial charge on any atom is 0.246 e. The Bertz CT molecular complexity index is 2150. The molecule has 0 bridgehead atoms. The summed E-state index contributed by atoms with van der Waals surface area (Å²) in [6.07, 6.45) is 3.11. The smallest absolute Gasteiger partial charge is 0.246 e. The Balaban J connectivity index is 1.50. The molecule has 0 N–H and O–H groups in total. The summed E-state index contributed by atoms with van der Waals surface area (Å²) in [5, 5.41) is 12.9. The third kappa shape index (κ3) is 4.94. The number of ether oxygens (including phenoxy) is 2. The van der Waals surface area contributed by atoms with E-state index in [1.165, 1.54) is 30.6 Å². The van der Waals surface area contributed by atoms with E-state index in [9.17, 15) is 9.18 Å². The highest BCUT2D eigenvalue weighted by atomic mass is 32.1. The van der Waals surface area contributed by atoms with Gasteiger partial charge in [0.15, 0.2) is 0 Å². The van der Waals surface area contributed by atoms with Crippen LogP contribution in [-0.2, 0) is 23.1 Å². The molecule has 12 heteroatoms. The van der Waals surface area contributed by atoms with E-state index in [1.54, 1.807) is 15.8 Å². The van der Waals surface area contributed by atoms with Gasteiger partial charge in [0.1, 0.15) is 35.4 Å². The zero-order valence-corrected chi connectivity index (χ0v) is 26.3. The van der Waals surface area contributed by atoms with Crippen molar-refractivity contribution in [2.75, 3.05) is 26.9 Å². The van der Waals surface area contributed by atoms with Crippen molar-refractivity contribution < 1.29 is 23.0 Å². The molecule has 0 fully saturated rings. The number of carbonyl (C=O) groups excluding carboxylic acids is 1. The van der Waals surface area contributed by atoms with E-state index >= 15 is 4.39 Å². The highest BCUT2D eigenvalue weighted by Crippen LogP contribution is 2.47. The number of methoxy groups -OCH3 is 1. The molecule has 5 heterocycles. The van der Waals surface area contributed by atoms with Crippen LogP contribution in [0.5, 0.6) is 5.75 Å². The van der Waals surface area contributed by atoms with Gasteiger partial charge in [0.2, 0.25) is 5.91 Å². The summed E-state index contributed by atoms with van der Waals surface area (Å²) < 4.78 is 46.2. The number of aromatic nitrogens is 5. The van der Waals surface area contributed by atoms with Crippen LogP contribution in [0.4, 0.5) is 8.78 Å². The van der Waals surface area contributed by atoms with Crippen molar-refractivity contribution in [2.24, 2.45) is 7.05 Å². The van der Waals surface area contributed by atoms with Crippen LogP contribution < -0.4 is 4.74 Å². The first-order valence-electron chi connectivity index (χ1n) is 14.7. The fraction of sp³-hybridized carbons (Fsp3) is 0.235. The number of fused-ring (bicyclic) bond motifs is 3. The molecule has 9 nitrogen and oxygen atoms in total. The number of nitrogens with zero attached hydrogens (tertiary/aromatic N) is 6. The van der Waals surface area contributed by atoms with Gasteiger partial charge >= 0.3 is 0 Å². The maximum atomic E-state index is 16.0. The number of halogens is 2. The fourth-order valence-corrected chi connectivity index (χ4v) is 7.07. The predicted molar refractivity (Wildman–Crippen MR) is 174 cm³/mol. The molecule has 46 heavy (non-hydrogen) atoms. The van der Waals surface area contributed by atoms with E-state index in [0.29, 0.717) is 35.7 Å². The molecule has 234 valence electrons. The lowest BCUT2D eigenvalue weighted by Gasteiger charge is -2.33. The van der Waals surface area contributed by atoms with Crippen LogP contribution in [0, 0.1) is 11.6 Å². The minimum atomic E-state index is -0.785. The molecule has 0 saturated heterocycles. The average molecular weight is 641 g/mol. The molecule has 6 aromatic rings. The molecule has 1 amide bonds. The summed E-state index contributed by atoms with van der Waals surface area (Å²) in [7, 11) is 3.42. The lowest BCUT2D eigenvalue weighted by atomic mass is 9.95. The summed E-state index contributed by atoms with van der Waals surface area (Å²) in [4.78, 5) is 19.5. The molecule has 0 saturated carbocycles. The van der Waals surface area contributed by atoms with Gasteiger partial charge in [-0.05, 0) is 42.6 Å². The van der Waals surface area contributed by atoms with Crippen LogP contribution in [0.2, 0.25) is 0 Å². The highest BCUT2D eigenvalue weighted by Gasteiger charge is 2.31. The van der Waals surface area contributed by atoms with Gasteiger partial charge in [0.25, 0.3) is 0 Å². The molecule has 0 aliphatic carbocycles. The van der Waals surface area contributed by atoms with Gasteiger partial charge < -0.3 is 14.4 Å². The highest BCUT2D eigenvalue weighted by molar-refractivity contribution is 7.17. The summed E-state index contributed by atoms with van der Waals surface area (Å²) in [6.45, 7) is 6.84. The quantitative estimate of drug-likeness (QED) is 0.135. The second-order valence-corrected chi connectivity index (χ2v) is 12.0. The van der Waals surface area contributed by atoms with E-state index < -0.39 is 11.6 Å². The van der Waals surface area contributed by atoms with Crippen molar-refractivity contribution in [3.63, 3.8) is 0 Å². The van der Waals surface area contributed by atoms with Crippen molar-refractivity contribution in [1.82, 2.24) is 29.4 Å². The third-order valence-corrected chi connectivity index (χ3v) is 9.32. The largest absolute Gasteiger partial charge is 0.490 e. The minimum absolute atomic E-state index is 0.0368. The van der Waals surface area contributed by atoms with Crippen LogP contribution in [-0.4, -0.2) is 62.2 Å². The zero-order chi connectivity index (χ0) is 32.1. The Hall–Kier alpha value is -4.94. The van der Waals surface area contributed by atoms with Gasteiger partial charge in [-0.25, -0.2) is 13.8 Å². The van der Waals surface area contributed by atoms with E-state index in [-0.39, 0.29) is 36.5 Å². The Kier molecular flexibility index (Phi) is 7.61. The maximum absolute atomic E-state index is 16.0. The molecule has 2 aromatic carbocycles. The SMILES string of the molecule is C=CC(=O)N1CCn2nc(-c3nc(-c4ccc5c(cnn5C)c4)c4sccc4c3-c3c(F)cc(F)cc3OCCOC)cc2C1C. The lowest BCUT2D eigenvalue weighted by Crippen LogP contribution is -2.40. The van der Waals surface area contributed by atoms with E-state index in [4.69, 9.17) is 19.6 Å². The van der Waals surface area contributed by atoms with E-state index in [2.05, 4.69) is 11.7 Å². The topological polar surface area (TPSA) is 87.3 Å². The normalized spacial score (nSPS) is 14.6. The predicted octanol–water partition coefficient (Wildman–Crippen LogP) is 6.77. The molecule has 0 radical (unpaired) electrons. The molecule has 0 spiro atoms. The summed E-state index contributed by atoms with van der Waals surface area (Å²) in [6, 6.07) is 11.6. The molecule has 1 aliphatic heterocycles. The number of rotatable bonds is 8. The van der Waals surface area contributed by atoms with Crippen molar-refractivity contribution in [3.05, 3.63) is 84.0 Å². The first-order chi connectivity index (χ1) is 22.3. The monoisotopic (exact) mass is 640 g/mol. The van der Waals surface area contributed by atoms with Crippen molar-refractivity contribution in [2.45, 2.75) is 19.5 Å². The number of hydrogen-bond acceptors (Lipinski definition) is 7. The Morgan fingerprint density at radius 1 is 1.11 bits per heavy atom. The molecular formula is C34H30F2N6O3S. The number of thiophene rings is 1. The molecule has 1 unspecified atom stereocenters. The Labute approximate surface area is 267 Å². The second kappa shape index (κ2) is 11.8. The summed E-state index contributed by atoms with van der Waals surface area (Å²) in [5.74, 6) is -1.67. The van der Waals surface area contributed by atoms with Crippen LogP contribution >= 0.6 is 11.3 Å². The van der Waals surface area contributed by atoms with Crippen molar-refractivity contribution in [1.29, 1.82) is 0 Å². The van der Waals surface area contributed by atoms with Crippen molar-refractivity contribution in [3.8, 4) is 39.5 Å². The summed E-state index contributed by atoms with van der Waals surface area (Å²) in [5.41, 5.74) is 4.76. The number of aryl methyl sites for hydroxylation is 1. The average Bonchev–Trinajstić information content (AvgIpc) is 3.79. The molecule has 1 atom stereocenters. The molecule has 7 rings (SSSR count). The van der Waals surface area contributed by atoms with E-state index in [1.807, 2.05) is 54.4 Å². The van der Waals surface area contributed by atoms with Gasteiger partial charge in [-0.3, -0.25) is 14.2 Å². The standard InChI is InChI=1S/C34H30F2N6O3S/c1-5-29(43)41-9-10-42-27(19(41)2)17-25(39-42)33-30(31-24(36)15-22(35)16-28(31)45-12-11-44-4)23-8-13-46-34(23)32(38-33)20-6-7-26-21(14-20)18-37-40(26)3/h5-8,13-19H,1,9-12H2,2-4H3. The number of pyridine rings is 1. The van der Waals surface area contributed by atoms with Gasteiger partial charge in [-0.1, -0.05) is 12.6 Å². The summed E-state index contributed by atoms with van der Waals surface area (Å²) >= 11 is 1.48. The van der Waals surface area contributed by atoms with Gasteiger partial charge in [-0.2, -0.15) is 10.2 Å². The molecular weight excluding hydrogens is 610 g/mol. The van der Waals surface area contributed by atoms with Gasteiger partial charge in [-0.15, -0.1) is 11.3 Å². The Morgan fingerprint density at radius 3 is 2.76 bits per heavy atom. The third-order valence-electron chi connectivity index (χ3n) is 8.40. The first kappa shape index (κ1) is 29.8.